The molecule has 1 aromatic rings. The molecule has 0 saturated heterocycles. The summed E-state index contributed by atoms with van der Waals surface area (Å²) in [6, 6.07) is 3.83. The van der Waals surface area contributed by atoms with E-state index < -0.39 is 15.8 Å². The van der Waals surface area contributed by atoms with Crippen LogP contribution in [0.5, 0.6) is 0 Å². The summed E-state index contributed by atoms with van der Waals surface area (Å²) in [7, 11) is -0.0426. The Morgan fingerprint density at radius 3 is 2.62 bits per heavy atom. The molecule has 0 aliphatic carbocycles. The molecule has 0 saturated carbocycles. The molecule has 0 amide bonds. The van der Waals surface area contributed by atoms with Crippen molar-refractivity contribution in [3.8, 4) is 0 Å². The Bertz CT molecular complexity index is 550. The maximum atomic E-state index is 13.7. The minimum Gasteiger partial charge on any atom is -0.379 e. The number of nitrogens with two attached hydrogens (primary N) is 1. The highest BCUT2D eigenvalue weighted by Crippen LogP contribution is 2.15. The monoisotopic (exact) mass is 319 g/mol. The van der Waals surface area contributed by atoms with Gasteiger partial charge in [0.25, 0.3) is 0 Å². The highest BCUT2D eigenvalue weighted by Gasteiger charge is 2.18. The molecule has 120 valence electrons. The SMILES string of the molecule is CN(C)CCOCCNS(=O)(=O)c1ccc(CN)cc1F. The molecule has 0 spiro atoms. The Balaban J connectivity index is 2.50. The molecule has 1 aromatic carbocycles. The molecule has 0 bridgehead atoms. The Morgan fingerprint density at radius 2 is 2.05 bits per heavy atom. The lowest BCUT2D eigenvalue weighted by molar-refractivity contribution is 0.122. The first-order chi connectivity index (χ1) is 9.86. The van der Waals surface area contributed by atoms with Crippen molar-refractivity contribution in [1.29, 1.82) is 0 Å². The van der Waals surface area contributed by atoms with Gasteiger partial charge in [0, 0.05) is 19.6 Å². The van der Waals surface area contributed by atoms with Gasteiger partial charge in [-0.05, 0) is 31.8 Å². The van der Waals surface area contributed by atoms with Gasteiger partial charge in [0.2, 0.25) is 10.0 Å². The van der Waals surface area contributed by atoms with Crippen LogP contribution in [-0.2, 0) is 21.3 Å². The molecule has 0 heterocycles. The first-order valence-corrected chi connectivity index (χ1v) is 8.06. The molecular formula is C13H22FN3O3S. The smallest absolute Gasteiger partial charge is 0.243 e. The Labute approximate surface area is 125 Å². The largest absolute Gasteiger partial charge is 0.379 e. The van der Waals surface area contributed by atoms with Crippen LogP contribution in [0, 0.1) is 5.82 Å². The Hall–Kier alpha value is -1.06. The van der Waals surface area contributed by atoms with Crippen LogP contribution in [0.3, 0.4) is 0 Å². The average Bonchev–Trinajstić information content (AvgIpc) is 2.41. The average molecular weight is 319 g/mol. The number of rotatable bonds is 9. The molecule has 0 unspecified atom stereocenters. The second kappa shape index (κ2) is 8.40. The molecule has 0 radical (unpaired) electrons. The van der Waals surface area contributed by atoms with Crippen molar-refractivity contribution in [2.45, 2.75) is 11.4 Å². The molecule has 0 aromatic heterocycles. The molecule has 0 atom stereocenters. The predicted octanol–water partition coefficient (Wildman–Crippen LogP) is 0.141. The molecule has 6 nitrogen and oxygen atoms in total. The number of sulfonamides is 1. The van der Waals surface area contributed by atoms with E-state index in [0.717, 1.165) is 12.6 Å². The molecule has 8 heteroatoms. The summed E-state index contributed by atoms with van der Waals surface area (Å²) in [5, 5.41) is 0. The number of halogens is 1. The van der Waals surface area contributed by atoms with Crippen molar-refractivity contribution >= 4 is 10.0 Å². The van der Waals surface area contributed by atoms with E-state index in [-0.39, 0.29) is 24.6 Å². The fourth-order valence-electron chi connectivity index (χ4n) is 1.56. The third-order valence-corrected chi connectivity index (χ3v) is 4.24. The van der Waals surface area contributed by atoms with Gasteiger partial charge in [-0.3, -0.25) is 0 Å². The predicted molar refractivity (Wildman–Crippen MR) is 78.9 cm³/mol. The summed E-state index contributed by atoms with van der Waals surface area (Å²) in [5.74, 6) is -0.807. The zero-order valence-corrected chi connectivity index (χ0v) is 13.1. The number of nitrogens with zero attached hydrogens (tertiary/aromatic N) is 1. The van der Waals surface area contributed by atoms with Gasteiger partial charge in [0.1, 0.15) is 10.7 Å². The number of hydrogen-bond acceptors (Lipinski definition) is 5. The van der Waals surface area contributed by atoms with E-state index >= 15 is 0 Å². The molecule has 0 aliphatic rings. The topological polar surface area (TPSA) is 84.7 Å². The summed E-state index contributed by atoms with van der Waals surface area (Å²) < 4.78 is 45.2. The minimum absolute atomic E-state index is 0.0911. The zero-order valence-electron chi connectivity index (χ0n) is 12.3. The molecule has 0 fully saturated rings. The maximum Gasteiger partial charge on any atom is 0.243 e. The van der Waals surface area contributed by atoms with E-state index in [1.54, 1.807) is 0 Å². The summed E-state index contributed by atoms with van der Waals surface area (Å²) in [6.45, 7) is 1.74. The van der Waals surface area contributed by atoms with Crippen molar-refractivity contribution in [2.75, 3.05) is 40.4 Å². The van der Waals surface area contributed by atoms with E-state index in [1.807, 2.05) is 19.0 Å². The maximum absolute atomic E-state index is 13.7. The molecule has 21 heavy (non-hydrogen) atoms. The number of hydrogen-bond donors (Lipinski definition) is 2. The van der Waals surface area contributed by atoms with Gasteiger partial charge in [-0.2, -0.15) is 0 Å². The number of likely N-dealkylation sites (N-methyl/N-ethyl adjacent to an activating group) is 1. The van der Waals surface area contributed by atoms with Gasteiger partial charge in [0.15, 0.2) is 0 Å². The quantitative estimate of drug-likeness (QED) is 0.633. The fraction of sp³-hybridized carbons (Fsp3) is 0.538. The summed E-state index contributed by atoms with van der Waals surface area (Å²) in [5.41, 5.74) is 5.91. The van der Waals surface area contributed by atoms with Crippen LogP contribution in [-0.4, -0.2) is 53.7 Å². The highest BCUT2D eigenvalue weighted by atomic mass is 32.2. The van der Waals surface area contributed by atoms with E-state index in [9.17, 15) is 12.8 Å². The first-order valence-electron chi connectivity index (χ1n) is 6.57. The standard InChI is InChI=1S/C13H22FN3O3S/c1-17(2)6-8-20-7-5-16-21(18,19)13-4-3-11(10-15)9-12(13)14/h3-4,9,16H,5-8,10,15H2,1-2H3. The first kappa shape index (κ1) is 18.0. The molecule has 3 N–H and O–H groups in total. The van der Waals surface area contributed by atoms with Gasteiger partial charge in [-0.1, -0.05) is 6.07 Å². The van der Waals surface area contributed by atoms with Gasteiger partial charge < -0.3 is 15.4 Å². The normalized spacial score (nSPS) is 12.0. The van der Waals surface area contributed by atoms with E-state index in [1.165, 1.54) is 12.1 Å². The van der Waals surface area contributed by atoms with Gasteiger partial charge >= 0.3 is 0 Å². The van der Waals surface area contributed by atoms with Crippen molar-refractivity contribution < 1.29 is 17.5 Å². The number of benzene rings is 1. The third kappa shape index (κ3) is 6.06. The second-order valence-electron chi connectivity index (χ2n) is 4.78. The zero-order chi connectivity index (χ0) is 15.9. The van der Waals surface area contributed by atoms with E-state index in [2.05, 4.69) is 4.72 Å². The van der Waals surface area contributed by atoms with Crippen LogP contribution in [0.4, 0.5) is 4.39 Å². The van der Waals surface area contributed by atoms with Crippen molar-refractivity contribution in [1.82, 2.24) is 9.62 Å². The van der Waals surface area contributed by atoms with E-state index in [4.69, 9.17) is 10.5 Å². The van der Waals surface area contributed by atoms with Crippen molar-refractivity contribution in [3.05, 3.63) is 29.6 Å². The fourth-order valence-corrected chi connectivity index (χ4v) is 2.63. The lowest BCUT2D eigenvalue weighted by Gasteiger charge is -2.11. The summed E-state index contributed by atoms with van der Waals surface area (Å²) in [4.78, 5) is 1.58. The summed E-state index contributed by atoms with van der Waals surface area (Å²) in [6.07, 6.45) is 0. The lowest BCUT2D eigenvalue weighted by Crippen LogP contribution is -2.29. The summed E-state index contributed by atoms with van der Waals surface area (Å²) >= 11 is 0. The van der Waals surface area contributed by atoms with Crippen LogP contribution in [0.15, 0.2) is 23.1 Å². The van der Waals surface area contributed by atoms with Gasteiger partial charge in [-0.15, -0.1) is 0 Å². The van der Waals surface area contributed by atoms with Gasteiger partial charge in [0.05, 0.1) is 13.2 Å². The lowest BCUT2D eigenvalue weighted by atomic mass is 10.2. The van der Waals surface area contributed by atoms with Crippen LogP contribution >= 0.6 is 0 Å². The van der Waals surface area contributed by atoms with Crippen molar-refractivity contribution in [3.63, 3.8) is 0 Å². The Kier molecular flexibility index (Phi) is 7.20. The molecule has 1 rings (SSSR count). The highest BCUT2D eigenvalue weighted by molar-refractivity contribution is 7.89. The number of ether oxygens (including phenoxy) is 1. The minimum atomic E-state index is -3.88. The number of nitrogens with one attached hydrogen (secondary N) is 1. The third-order valence-electron chi connectivity index (χ3n) is 2.74. The van der Waals surface area contributed by atoms with E-state index in [0.29, 0.717) is 12.2 Å². The van der Waals surface area contributed by atoms with Crippen LogP contribution in [0.2, 0.25) is 0 Å². The Morgan fingerprint density at radius 1 is 1.33 bits per heavy atom. The molecular weight excluding hydrogens is 297 g/mol. The van der Waals surface area contributed by atoms with Gasteiger partial charge in [-0.25, -0.2) is 17.5 Å². The molecule has 0 aliphatic heterocycles. The van der Waals surface area contributed by atoms with Crippen LogP contribution < -0.4 is 10.5 Å². The second-order valence-corrected chi connectivity index (χ2v) is 6.52. The van der Waals surface area contributed by atoms with Crippen LogP contribution in [0.25, 0.3) is 0 Å². The van der Waals surface area contributed by atoms with Crippen molar-refractivity contribution in [2.24, 2.45) is 5.73 Å². The van der Waals surface area contributed by atoms with Crippen LogP contribution in [0.1, 0.15) is 5.56 Å².